The molecule has 3 heteroatoms. The Labute approximate surface area is 110 Å². The fourth-order valence-electron chi connectivity index (χ4n) is 3.51. The van der Waals surface area contributed by atoms with Gasteiger partial charge < -0.3 is 5.32 Å². The predicted octanol–water partition coefficient (Wildman–Crippen LogP) is 2.34. The number of hydrogen-bond acceptors (Lipinski definition) is 3. The molecule has 0 aromatic rings. The second kappa shape index (κ2) is 5.12. The Hall–Kier alpha value is -0.700. The van der Waals surface area contributed by atoms with Crippen molar-refractivity contribution in [1.82, 2.24) is 5.32 Å². The van der Waals surface area contributed by atoms with Crippen molar-refractivity contribution in [3.63, 3.8) is 0 Å². The number of nitrogens with one attached hydrogen (secondary N) is 1. The molecule has 3 nitrogen and oxygen atoms in total. The van der Waals surface area contributed by atoms with E-state index in [1.807, 2.05) is 13.8 Å². The van der Waals surface area contributed by atoms with Crippen LogP contribution < -0.4 is 5.32 Å². The van der Waals surface area contributed by atoms with Gasteiger partial charge in [-0.15, -0.1) is 0 Å². The van der Waals surface area contributed by atoms with Crippen LogP contribution in [-0.2, 0) is 9.59 Å². The van der Waals surface area contributed by atoms with Gasteiger partial charge in [0.25, 0.3) is 0 Å². The molecule has 1 saturated carbocycles. The van der Waals surface area contributed by atoms with Crippen molar-refractivity contribution in [3.05, 3.63) is 0 Å². The van der Waals surface area contributed by atoms with Gasteiger partial charge in [-0.3, -0.25) is 9.59 Å². The van der Waals surface area contributed by atoms with E-state index in [0.717, 1.165) is 19.4 Å². The maximum Gasteiger partial charge on any atom is 0.145 e. The highest BCUT2D eigenvalue weighted by molar-refractivity contribution is 6.05. The molecule has 2 unspecified atom stereocenters. The van der Waals surface area contributed by atoms with Gasteiger partial charge in [-0.2, -0.15) is 0 Å². The minimum absolute atomic E-state index is 0.0970. The molecule has 0 aromatic carbocycles. The van der Waals surface area contributed by atoms with Crippen LogP contribution in [0.3, 0.4) is 0 Å². The van der Waals surface area contributed by atoms with Crippen molar-refractivity contribution in [3.8, 4) is 0 Å². The topological polar surface area (TPSA) is 46.2 Å². The minimum atomic E-state index is -0.368. The second-order valence-corrected chi connectivity index (χ2v) is 6.79. The molecule has 18 heavy (non-hydrogen) atoms. The summed E-state index contributed by atoms with van der Waals surface area (Å²) < 4.78 is 0. The Morgan fingerprint density at radius 1 is 1.22 bits per heavy atom. The summed E-state index contributed by atoms with van der Waals surface area (Å²) in [6.45, 7) is 7.18. The molecule has 0 spiro atoms. The highest BCUT2D eigenvalue weighted by Gasteiger charge is 2.44. The first-order valence-electron chi connectivity index (χ1n) is 7.22. The average molecular weight is 251 g/mol. The van der Waals surface area contributed by atoms with Crippen LogP contribution in [0.1, 0.15) is 52.9 Å². The number of carbonyl (C=O) groups is 2. The minimum Gasteiger partial charge on any atom is -0.313 e. The summed E-state index contributed by atoms with van der Waals surface area (Å²) in [5.41, 5.74) is -0.135. The fraction of sp³-hybridized carbons (Fsp3) is 0.867. The Balaban J connectivity index is 2.08. The van der Waals surface area contributed by atoms with E-state index in [4.69, 9.17) is 0 Å². The van der Waals surface area contributed by atoms with Gasteiger partial charge in [-0.25, -0.2) is 0 Å². The number of ketones is 2. The summed E-state index contributed by atoms with van der Waals surface area (Å²) in [7, 11) is 0. The first-order chi connectivity index (χ1) is 8.43. The van der Waals surface area contributed by atoms with E-state index in [2.05, 4.69) is 12.2 Å². The molecule has 0 amide bonds. The van der Waals surface area contributed by atoms with Gasteiger partial charge in [0.05, 0.1) is 5.92 Å². The highest BCUT2D eigenvalue weighted by Crippen LogP contribution is 2.37. The molecular weight excluding hydrogens is 226 g/mol. The lowest BCUT2D eigenvalue weighted by molar-refractivity contribution is -0.141. The van der Waals surface area contributed by atoms with Crippen molar-refractivity contribution < 1.29 is 9.59 Å². The zero-order chi connectivity index (χ0) is 13.3. The van der Waals surface area contributed by atoms with Crippen molar-refractivity contribution in [2.75, 3.05) is 6.54 Å². The van der Waals surface area contributed by atoms with Gasteiger partial charge in [-0.1, -0.05) is 27.2 Å². The first kappa shape index (κ1) is 13.7. The third-order valence-corrected chi connectivity index (χ3v) is 4.53. The Morgan fingerprint density at radius 3 is 2.39 bits per heavy atom. The van der Waals surface area contributed by atoms with Crippen LogP contribution in [0.15, 0.2) is 0 Å². The average Bonchev–Trinajstić information content (AvgIpc) is 2.26. The summed E-state index contributed by atoms with van der Waals surface area (Å²) in [5, 5.41) is 3.40. The van der Waals surface area contributed by atoms with E-state index in [9.17, 15) is 9.59 Å². The van der Waals surface area contributed by atoms with Gasteiger partial charge in [-0.05, 0) is 30.7 Å². The smallest absolute Gasteiger partial charge is 0.145 e. The maximum absolute atomic E-state index is 12.3. The molecule has 2 fully saturated rings. The number of hydrogen-bond donors (Lipinski definition) is 1. The van der Waals surface area contributed by atoms with Gasteiger partial charge in [0.15, 0.2) is 0 Å². The summed E-state index contributed by atoms with van der Waals surface area (Å²) in [5.74, 6) is 0.621. The largest absolute Gasteiger partial charge is 0.313 e. The third-order valence-electron chi connectivity index (χ3n) is 4.53. The Kier molecular flexibility index (Phi) is 3.90. The van der Waals surface area contributed by atoms with E-state index < -0.39 is 0 Å². The normalized spacial score (nSPS) is 33.7. The zero-order valence-electron chi connectivity index (χ0n) is 11.8. The van der Waals surface area contributed by atoms with Crippen LogP contribution in [0.2, 0.25) is 0 Å². The fourth-order valence-corrected chi connectivity index (χ4v) is 3.51. The van der Waals surface area contributed by atoms with E-state index in [1.54, 1.807) is 0 Å². The molecule has 0 bridgehead atoms. The lowest BCUT2D eigenvalue weighted by Gasteiger charge is -2.39. The summed E-state index contributed by atoms with van der Waals surface area (Å²) in [6.07, 6.45) is 4.42. The highest BCUT2D eigenvalue weighted by atomic mass is 16.2. The van der Waals surface area contributed by atoms with Crippen LogP contribution in [0, 0.1) is 17.3 Å². The molecule has 2 rings (SSSR count). The van der Waals surface area contributed by atoms with E-state index in [-0.39, 0.29) is 28.9 Å². The van der Waals surface area contributed by atoms with Crippen molar-refractivity contribution in [2.45, 2.75) is 58.9 Å². The van der Waals surface area contributed by atoms with Gasteiger partial charge in [0, 0.05) is 18.9 Å². The standard InChI is InChI=1S/C15H25NO2/c1-4-10-5-6-16-11(7-10)14-12(17)8-15(2,3)9-13(14)18/h10-11,14,16H,4-9H2,1-3H3. The number of carbonyl (C=O) groups excluding carboxylic acids is 2. The molecule has 1 aliphatic heterocycles. The van der Waals surface area contributed by atoms with Gasteiger partial charge >= 0.3 is 0 Å². The van der Waals surface area contributed by atoms with Gasteiger partial charge in [0.2, 0.25) is 0 Å². The number of piperidine rings is 1. The Morgan fingerprint density at radius 2 is 1.83 bits per heavy atom. The molecular formula is C15H25NO2. The van der Waals surface area contributed by atoms with Crippen molar-refractivity contribution in [2.24, 2.45) is 17.3 Å². The molecule has 102 valence electrons. The number of Topliss-reactive ketones (excluding diaryl/α,β-unsaturated/α-hetero) is 2. The maximum atomic E-state index is 12.3. The first-order valence-corrected chi connectivity index (χ1v) is 7.22. The van der Waals surface area contributed by atoms with Crippen LogP contribution in [0.25, 0.3) is 0 Å². The van der Waals surface area contributed by atoms with Crippen LogP contribution in [0.5, 0.6) is 0 Å². The van der Waals surface area contributed by atoms with Gasteiger partial charge in [0.1, 0.15) is 11.6 Å². The third kappa shape index (κ3) is 2.82. The van der Waals surface area contributed by atoms with Crippen molar-refractivity contribution in [1.29, 1.82) is 0 Å². The molecule has 1 saturated heterocycles. The molecule has 2 aliphatic rings. The molecule has 2 atom stereocenters. The monoisotopic (exact) mass is 251 g/mol. The number of rotatable bonds is 2. The Bertz CT molecular complexity index is 328. The summed E-state index contributed by atoms with van der Waals surface area (Å²) in [4.78, 5) is 24.5. The van der Waals surface area contributed by atoms with Crippen LogP contribution in [0.4, 0.5) is 0 Å². The van der Waals surface area contributed by atoms with E-state index in [1.165, 1.54) is 6.42 Å². The quantitative estimate of drug-likeness (QED) is 0.766. The SMILES string of the molecule is CCC1CCNC(C2C(=O)CC(C)(C)CC2=O)C1. The molecule has 0 aromatic heterocycles. The summed E-state index contributed by atoms with van der Waals surface area (Å²) in [6, 6.07) is 0.0970. The van der Waals surface area contributed by atoms with E-state index >= 15 is 0 Å². The predicted molar refractivity (Wildman–Crippen MR) is 71.3 cm³/mol. The lowest BCUT2D eigenvalue weighted by atomic mass is 9.68. The molecule has 1 N–H and O–H groups in total. The molecule has 0 radical (unpaired) electrons. The van der Waals surface area contributed by atoms with Crippen LogP contribution >= 0.6 is 0 Å². The molecule has 1 aliphatic carbocycles. The van der Waals surface area contributed by atoms with Crippen molar-refractivity contribution >= 4 is 11.6 Å². The molecule has 1 heterocycles. The lowest BCUT2D eigenvalue weighted by Crippen LogP contribution is -2.52. The van der Waals surface area contributed by atoms with E-state index in [0.29, 0.717) is 18.8 Å². The zero-order valence-corrected chi connectivity index (χ0v) is 11.8. The second-order valence-electron chi connectivity index (χ2n) is 6.79. The van der Waals surface area contributed by atoms with Crippen LogP contribution in [-0.4, -0.2) is 24.2 Å². The summed E-state index contributed by atoms with van der Waals surface area (Å²) >= 11 is 0.